The molecule has 0 N–H and O–H groups in total. The average Bonchev–Trinajstić information content (AvgIpc) is 2.81. The highest BCUT2D eigenvalue weighted by atomic mass is 79.9. The van der Waals surface area contributed by atoms with Crippen molar-refractivity contribution in [1.82, 2.24) is 19.9 Å². The molecular weight excluding hydrogens is 372 g/mol. The van der Waals surface area contributed by atoms with Crippen molar-refractivity contribution in [2.24, 2.45) is 0 Å². The molecule has 1 fully saturated rings. The summed E-state index contributed by atoms with van der Waals surface area (Å²) in [6.45, 7) is 6.04. The third-order valence-electron chi connectivity index (χ3n) is 4.12. The van der Waals surface area contributed by atoms with Gasteiger partial charge >= 0.3 is 0 Å². The van der Waals surface area contributed by atoms with E-state index < -0.39 is 0 Å². The average molecular weight is 393 g/mol. The Morgan fingerprint density at radius 1 is 1.25 bits per heavy atom. The highest BCUT2D eigenvalue weighted by molar-refractivity contribution is 9.10. The van der Waals surface area contributed by atoms with Gasteiger partial charge in [-0.3, -0.25) is 14.7 Å². The summed E-state index contributed by atoms with van der Waals surface area (Å²) in [7, 11) is 0. The third kappa shape index (κ3) is 4.64. The molecule has 0 radical (unpaired) electrons. The Labute approximate surface area is 150 Å². The van der Waals surface area contributed by atoms with E-state index in [0.717, 1.165) is 60.6 Å². The van der Waals surface area contributed by atoms with E-state index in [1.54, 1.807) is 12.4 Å². The van der Waals surface area contributed by atoms with E-state index in [1.165, 1.54) is 0 Å². The van der Waals surface area contributed by atoms with Gasteiger partial charge in [-0.1, -0.05) is 5.16 Å². The standard InChI is InChI=1S/C17H21BrN4O2/c1-13-7-16(20-24-13)12-21-3-2-4-22(6-5-21)17(23)9-14-8-15(18)11-19-10-14/h7-8,10-11H,2-6,9,12H2,1H3. The van der Waals surface area contributed by atoms with Crippen LogP contribution in [0.1, 0.15) is 23.4 Å². The summed E-state index contributed by atoms with van der Waals surface area (Å²) >= 11 is 3.39. The van der Waals surface area contributed by atoms with Gasteiger partial charge in [-0.25, -0.2) is 0 Å². The molecule has 0 saturated carbocycles. The zero-order chi connectivity index (χ0) is 16.9. The minimum absolute atomic E-state index is 0.161. The van der Waals surface area contributed by atoms with Crippen molar-refractivity contribution >= 4 is 21.8 Å². The number of halogens is 1. The van der Waals surface area contributed by atoms with Crippen molar-refractivity contribution in [1.29, 1.82) is 0 Å². The fourth-order valence-electron chi connectivity index (χ4n) is 2.94. The molecule has 0 aromatic carbocycles. The predicted octanol–water partition coefficient (Wildman–Crippen LogP) is 2.42. The second-order valence-electron chi connectivity index (χ2n) is 6.13. The molecule has 0 atom stereocenters. The largest absolute Gasteiger partial charge is 0.361 e. The van der Waals surface area contributed by atoms with Crippen molar-refractivity contribution in [3.63, 3.8) is 0 Å². The van der Waals surface area contributed by atoms with Gasteiger partial charge in [0.2, 0.25) is 5.91 Å². The highest BCUT2D eigenvalue weighted by Gasteiger charge is 2.20. The van der Waals surface area contributed by atoms with E-state index >= 15 is 0 Å². The summed E-state index contributed by atoms with van der Waals surface area (Å²) in [5, 5.41) is 4.05. The number of amides is 1. The van der Waals surface area contributed by atoms with Crippen molar-refractivity contribution < 1.29 is 9.32 Å². The van der Waals surface area contributed by atoms with Crippen LogP contribution in [-0.2, 0) is 17.8 Å². The number of hydrogen-bond acceptors (Lipinski definition) is 5. The number of nitrogens with zero attached hydrogens (tertiary/aromatic N) is 4. The van der Waals surface area contributed by atoms with Crippen molar-refractivity contribution in [2.45, 2.75) is 26.3 Å². The predicted molar refractivity (Wildman–Crippen MR) is 93.4 cm³/mol. The smallest absolute Gasteiger partial charge is 0.227 e. The molecule has 128 valence electrons. The number of rotatable bonds is 4. The molecule has 1 saturated heterocycles. The zero-order valence-corrected chi connectivity index (χ0v) is 15.3. The van der Waals surface area contributed by atoms with Crippen LogP contribution in [0.15, 0.2) is 33.5 Å². The molecule has 6 nitrogen and oxygen atoms in total. The van der Waals surface area contributed by atoms with Crippen LogP contribution in [0.25, 0.3) is 0 Å². The van der Waals surface area contributed by atoms with Gasteiger partial charge in [0, 0.05) is 55.7 Å². The molecule has 3 rings (SSSR count). The van der Waals surface area contributed by atoms with E-state index in [1.807, 2.05) is 24.0 Å². The molecular formula is C17H21BrN4O2. The zero-order valence-electron chi connectivity index (χ0n) is 13.7. The maximum atomic E-state index is 12.5. The summed E-state index contributed by atoms with van der Waals surface area (Å²) in [4.78, 5) is 20.9. The lowest BCUT2D eigenvalue weighted by Crippen LogP contribution is -2.36. The fraction of sp³-hybridized carbons (Fsp3) is 0.471. The van der Waals surface area contributed by atoms with Gasteiger partial charge in [0.15, 0.2) is 0 Å². The molecule has 1 amide bonds. The normalized spacial score (nSPS) is 16.2. The number of carbonyl (C=O) groups is 1. The fourth-order valence-corrected chi connectivity index (χ4v) is 3.35. The van der Waals surface area contributed by atoms with Crippen LogP contribution >= 0.6 is 15.9 Å². The SMILES string of the molecule is Cc1cc(CN2CCCN(C(=O)Cc3cncc(Br)c3)CC2)no1. The number of carbonyl (C=O) groups excluding carboxylic acids is 1. The van der Waals surface area contributed by atoms with Crippen molar-refractivity contribution in [3.8, 4) is 0 Å². The Balaban J connectivity index is 1.53. The summed E-state index contributed by atoms with van der Waals surface area (Å²) in [6, 6.07) is 3.91. The summed E-state index contributed by atoms with van der Waals surface area (Å²) < 4.78 is 6.02. The molecule has 1 aliphatic heterocycles. The van der Waals surface area contributed by atoms with Crippen LogP contribution < -0.4 is 0 Å². The van der Waals surface area contributed by atoms with Gasteiger partial charge in [-0.05, 0) is 40.9 Å². The van der Waals surface area contributed by atoms with Crippen LogP contribution in [0.2, 0.25) is 0 Å². The molecule has 1 aliphatic rings. The minimum atomic E-state index is 0.161. The minimum Gasteiger partial charge on any atom is -0.361 e. The second-order valence-corrected chi connectivity index (χ2v) is 7.04. The molecule has 2 aromatic heterocycles. The van der Waals surface area contributed by atoms with Crippen molar-refractivity contribution in [3.05, 3.63) is 46.0 Å². The first-order chi connectivity index (χ1) is 11.6. The Morgan fingerprint density at radius 2 is 2.12 bits per heavy atom. The van der Waals surface area contributed by atoms with Crippen LogP contribution in [0.3, 0.4) is 0 Å². The Bertz CT molecular complexity index is 703. The topological polar surface area (TPSA) is 62.5 Å². The van der Waals surface area contributed by atoms with E-state index in [0.29, 0.717) is 6.42 Å². The van der Waals surface area contributed by atoms with E-state index in [-0.39, 0.29) is 5.91 Å². The van der Waals surface area contributed by atoms with Crippen LogP contribution in [0.4, 0.5) is 0 Å². The summed E-state index contributed by atoms with van der Waals surface area (Å²) in [6.07, 6.45) is 4.84. The lowest BCUT2D eigenvalue weighted by atomic mass is 10.2. The first-order valence-electron chi connectivity index (χ1n) is 8.12. The van der Waals surface area contributed by atoms with E-state index in [2.05, 4.69) is 31.0 Å². The summed E-state index contributed by atoms with van der Waals surface area (Å²) in [5.41, 5.74) is 1.89. The van der Waals surface area contributed by atoms with Gasteiger partial charge < -0.3 is 9.42 Å². The Kier molecular flexibility index (Phi) is 5.63. The van der Waals surface area contributed by atoms with Crippen molar-refractivity contribution in [2.75, 3.05) is 26.2 Å². The van der Waals surface area contributed by atoms with Crippen LogP contribution in [0, 0.1) is 6.92 Å². The number of hydrogen-bond donors (Lipinski definition) is 0. The molecule has 2 aromatic rings. The second kappa shape index (κ2) is 7.90. The quantitative estimate of drug-likeness (QED) is 0.799. The lowest BCUT2D eigenvalue weighted by molar-refractivity contribution is -0.130. The van der Waals surface area contributed by atoms with Gasteiger partial charge in [0.25, 0.3) is 0 Å². The third-order valence-corrected chi connectivity index (χ3v) is 4.55. The monoisotopic (exact) mass is 392 g/mol. The number of aromatic nitrogens is 2. The van der Waals surface area contributed by atoms with Gasteiger partial charge in [-0.2, -0.15) is 0 Å². The van der Waals surface area contributed by atoms with Gasteiger partial charge in [-0.15, -0.1) is 0 Å². The number of pyridine rings is 1. The maximum Gasteiger partial charge on any atom is 0.227 e. The van der Waals surface area contributed by atoms with Gasteiger partial charge in [0.05, 0.1) is 12.1 Å². The van der Waals surface area contributed by atoms with E-state index in [4.69, 9.17) is 4.52 Å². The maximum absolute atomic E-state index is 12.5. The molecule has 0 spiro atoms. The van der Waals surface area contributed by atoms with Crippen LogP contribution in [0.5, 0.6) is 0 Å². The molecule has 0 bridgehead atoms. The molecule has 24 heavy (non-hydrogen) atoms. The Morgan fingerprint density at radius 3 is 2.88 bits per heavy atom. The summed E-state index contributed by atoms with van der Waals surface area (Å²) in [5.74, 6) is 0.994. The number of aryl methyl sites for hydroxylation is 1. The highest BCUT2D eigenvalue weighted by Crippen LogP contribution is 2.13. The Hall–Kier alpha value is -1.73. The lowest BCUT2D eigenvalue weighted by Gasteiger charge is -2.21. The molecule has 7 heteroatoms. The molecule has 0 unspecified atom stereocenters. The first-order valence-corrected chi connectivity index (χ1v) is 8.91. The molecule has 3 heterocycles. The van der Waals surface area contributed by atoms with E-state index in [9.17, 15) is 4.79 Å². The van der Waals surface area contributed by atoms with Crippen LogP contribution in [-0.4, -0.2) is 52.0 Å². The first kappa shape index (κ1) is 17.1. The van der Waals surface area contributed by atoms with Gasteiger partial charge in [0.1, 0.15) is 5.76 Å². The molecule has 0 aliphatic carbocycles.